The van der Waals surface area contributed by atoms with Gasteiger partial charge in [-0.15, -0.1) is 5.10 Å². The molecule has 0 aliphatic rings. The minimum atomic E-state index is -0.379. The van der Waals surface area contributed by atoms with Crippen LogP contribution in [0.5, 0.6) is 0 Å². The van der Waals surface area contributed by atoms with Crippen LogP contribution in [0.25, 0.3) is 0 Å². The Morgan fingerprint density at radius 3 is 2.55 bits per heavy atom. The summed E-state index contributed by atoms with van der Waals surface area (Å²) >= 11 is 0. The maximum atomic E-state index is 12.8. The molecule has 0 bridgehead atoms. The number of nitrogens with zero attached hydrogens (tertiary/aromatic N) is 4. The molecule has 2 rings (SSSR count). The lowest BCUT2D eigenvalue weighted by Gasteiger charge is -2.09. The molecule has 116 valence electrons. The summed E-state index contributed by atoms with van der Waals surface area (Å²) in [6, 6.07) is 5.07. The van der Waals surface area contributed by atoms with Crippen LogP contribution in [0.15, 0.2) is 30.5 Å². The highest BCUT2D eigenvalue weighted by Crippen LogP contribution is 2.08. The van der Waals surface area contributed by atoms with E-state index in [1.807, 2.05) is 0 Å². The molecule has 9 heteroatoms. The molecule has 0 aliphatic carbocycles. The van der Waals surface area contributed by atoms with Gasteiger partial charge >= 0.3 is 6.03 Å². The molecular weight excluding hydrogens is 291 g/mol. The number of halogens is 1. The molecule has 8 nitrogen and oxygen atoms in total. The van der Waals surface area contributed by atoms with Crippen LogP contribution in [-0.4, -0.2) is 45.9 Å². The van der Waals surface area contributed by atoms with Crippen molar-refractivity contribution in [2.45, 2.75) is 6.54 Å². The average Bonchev–Trinajstić information content (AvgIpc) is 2.88. The first-order valence-electron chi connectivity index (χ1n) is 6.38. The Hall–Kier alpha value is -2.97. The highest BCUT2D eigenvalue weighted by molar-refractivity contribution is 5.90. The summed E-state index contributed by atoms with van der Waals surface area (Å²) < 4.78 is 14.0. The molecule has 0 saturated carbocycles. The van der Waals surface area contributed by atoms with Crippen LogP contribution in [0.1, 0.15) is 0 Å². The van der Waals surface area contributed by atoms with Crippen LogP contribution < -0.4 is 10.6 Å². The summed E-state index contributed by atoms with van der Waals surface area (Å²) in [4.78, 5) is 24.6. The zero-order valence-electron chi connectivity index (χ0n) is 12.1. The van der Waals surface area contributed by atoms with Gasteiger partial charge < -0.3 is 10.2 Å². The van der Waals surface area contributed by atoms with E-state index in [1.54, 1.807) is 14.1 Å². The second kappa shape index (κ2) is 6.66. The van der Waals surface area contributed by atoms with Crippen molar-refractivity contribution in [3.8, 4) is 0 Å². The van der Waals surface area contributed by atoms with Crippen LogP contribution in [-0.2, 0) is 11.3 Å². The number of hydrogen-bond acceptors (Lipinski definition) is 4. The Morgan fingerprint density at radius 2 is 1.91 bits per heavy atom. The van der Waals surface area contributed by atoms with Gasteiger partial charge in [0.25, 0.3) is 0 Å². The number of anilines is 2. The Kier molecular flexibility index (Phi) is 4.66. The minimum Gasteiger partial charge on any atom is -0.331 e. The topological polar surface area (TPSA) is 92.2 Å². The predicted molar refractivity (Wildman–Crippen MR) is 77.8 cm³/mol. The van der Waals surface area contributed by atoms with Gasteiger partial charge in [-0.05, 0) is 24.3 Å². The smallest absolute Gasteiger partial charge is 0.322 e. The molecule has 0 unspecified atom stereocenters. The maximum Gasteiger partial charge on any atom is 0.322 e. The van der Waals surface area contributed by atoms with Crippen LogP contribution in [0.4, 0.5) is 20.7 Å². The van der Waals surface area contributed by atoms with E-state index in [2.05, 4.69) is 20.9 Å². The highest BCUT2D eigenvalue weighted by Gasteiger charge is 2.09. The number of carbonyl (C=O) groups excluding carboxylic acids is 2. The largest absolute Gasteiger partial charge is 0.331 e. The number of nitrogens with one attached hydrogen (secondary N) is 2. The third-order valence-corrected chi connectivity index (χ3v) is 2.61. The van der Waals surface area contributed by atoms with Crippen molar-refractivity contribution >= 4 is 23.4 Å². The third-order valence-electron chi connectivity index (χ3n) is 2.61. The SMILES string of the molecule is CN(C)C(=O)Nc1cn(CC(=O)Nc2ccc(F)cc2)nn1. The van der Waals surface area contributed by atoms with E-state index in [4.69, 9.17) is 0 Å². The number of urea groups is 1. The standard InChI is InChI=1S/C13H15FN6O2/c1-19(2)13(22)16-11-7-20(18-17-11)8-12(21)15-10-5-3-9(14)4-6-10/h3-7H,8H2,1-2H3,(H,15,21)(H,16,22). The normalized spacial score (nSPS) is 10.1. The van der Waals surface area contributed by atoms with Gasteiger partial charge in [-0.25, -0.2) is 13.9 Å². The molecule has 2 N–H and O–H groups in total. The molecule has 0 saturated heterocycles. The van der Waals surface area contributed by atoms with Crippen LogP contribution >= 0.6 is 0 Å². The summed E-state index contributed by atoms with van der Waals surface area (Å²) in [5.74, 6) is -0.481. The van der Waals surface area contributed by atoms with E-state index in [1.165, 1.54) is 40.0 Å². The first-order valence-corrected chi connectivity index (χ1v) is 6.38. The Morgan fingerprint density at radius 1 is 1.23 bits per heavy atom. The quantitative estimate of drug-likeness (QED) is 0.886. The molecule has 3 amide bonds. The zero-order chi connectivity index (χ0) is 16.1. The van der Waals surface area contributed by atoms with E-state index in [0.29, 0.717) is 5.69 Å². The minimum absolute atomic E-state index is 0.0811. The second-order valence-electron chi connectivity index (χ2n) is 4.68. The molecule has 0 radical (unpaired) electrons. The van der Waals surface area contributed by atoms with Gasteiger partial charge in [0.1, 0.15) is 12.4 Å². The fraction of sp³-hybridized carbons (Fsp3) is 0.231. The number of hydrogen-bond donors (Lipinski definition) is 2. The third kappa shape index (κ3) is 4.27. The first kappa shape index (κ1) is 15.4. The summed E-state index contributed by atoms with van der Waals surface area (Å²) in [6.07, 6.45) is 1.44. The Bertz CT molecular complexity index is 667. The lowest BCUT2D eigenvalue weighted by Crippen LogP contribution is -2.27. The summed E-state index contributed by atoms with van der Waals surface area (Å²) in [5, 5.41) is 12.6. The fourth-order valence-corrected chi connectivity index (χ4v) is 1.54. The van der Waals surface area contributed by atoms with E-state index in [0.717, 1.165) is 0 Å². The first-order chi connectivity index (χ1) is 10.4. The number of aromatic nitrogens is 3. The van der Waals surface area contributed by atoms with E-state index < -0.39 is 0 Å². The lowest BCUT2D eigenvalue weighted by atomic mass is 10.3. The van der Waals surface area contributed by atoms with Gasteiger partial charge in [0.2, 0.25) is 5.91 Å². The molecule has 0 aliphatic heterocycles. The van der Waals surface area contributed by atoms with Gasteiger partial charge in [-0.3, -0.25) is 10.1 Å². The second-order valence-corrected chi connectivity index (χ2v) is 4.68. The monoisotopic (exact) mass is 306 g/mol. The number of benzene rings is 1. The molecule has 1 aromatic heterocycles. The number of amides is 3. The summed E-state index contributed by atoms with van der Waals surface area (Å²) in [6.45, 7) is -0.0811. The highest BCUT2D eigenvalue weighted by atomic mass is 19.1. The molecule has 0 atom stereocenters. The van der Waals surface area contributed by atoms with E-state index in [-0.39, 0.29) is 30.1 Å². The van der Waals surface area contributed by atoms with Gasteiger partial charge in [0.05, 0.1) is 6.20 Å². The molecular formula is C13H15FN6O2. The van der Waals surface area contributed by atoms with Crippen molar-refractivity contribution < 1.29 is 14.0 Å². The van der Waals surface area contributed by atoms with Crippen molar-refractivity contribution in [2.75, 3.05) is 24.7 Å². The van der Waals surface area contributed by atoms with Crippen molar-refractivity contribution in [3.05, 3.63) is 36.3 Å². The Labute approximate surface area is 125 Å². The summed E-state index contributed by atoms with van der Waals surface area (Å²) in [7, 11) is 3.19. The molecule has 0 spiro atoms. The molecule has 2 aromatic rings. The van der Waals surface area contributed by atoms with Gasteiger partial charge in [0.15, 0.2) is 5.82 Å². The Balaban J connectivity index is 1.90. The molecule has 1 aromatic carbocycles. The van der Waals surface area contributed by atoms with Crippen molar-refractivity contribution in [1.29, 1.82) is 0 Å². The maximum absolute atomic E-state index is 12.8. The van der Waals surface area contributed by atoms with Crippen LogP contribution in [0, 0.1) is 5.82 Å². The number of carbonyl (C=O) groups is 2. The summed E-state index contributed by atoms with van der Waals surface area (Å²) in [5.41, 5.74) is 0.479. The van der Waals surface area contributed by atoms with Crippen molar-refractivity contribution in [3.63, 3.8) is 0 Å². The van der Waals surface area contributed by atoms with Gasteiger partial charge in [-0.1, -0.05) is 5.21 Å². The average molecular weight is 306 g/mol. The van der Waals surface area contributed by atoms with Gasteiger partial charge in [-0.2, -0.15) is 0 Å². The predicted octanol–water partition coefficient (Wildman–Crippen LogP) is 1.15. The van der Waals surface area contributed by atoms with Crippen LogP contribution in [0.2, 0.25) is 0 Å². The van der Waals surface area contributed by atoms with Crippen molar-refractivity contribution in [1.82, 2.24) is 19.9 Å². The van der Waals surface area contributed by atoms with Gasteiger partial charge in [0, 0.05) is 19.8 Å². The molecule has 1 heterocycles. The zero-order valence-corrected chi connectivity index (χ0v) is 12.1. The fourth-order valence-electron chi connectivity index (χ4n) is 1.54. The van der Waals surface area contributed by atoms with E-state index in [9.17, 15) is 14.0 Å². The molecule has 0 fully saturated rings. The van der Waals surface area contributed by atoms with Crippen molar-refractivity contribution in [2.24, 2.45) is 0 Å². The molecule has 22 heavy (non-hydrogen) atoms. The van der Waals surface area contributed by atoms with E-state index >= 15 is 0 Å². The lowest BCUT2D eigenvalue weighted by molar-refractivity contribution is -0.116. The van der Waals surface area contributed by atoms with Crippen LogP contribution in [0.3, 0.4) is 0 Å². The number of rotatable bonds is 4.